The Hall–Kier alpha value is -2.88. The molecule has 0 amide bonds. The topological polar surface area (TPSA) is 52.6 Å². The van der Waals surface area contributed by atoms with Gasteiger partial charge in [-0.05, 0) is 23.1 Å². The Kier molecular flexibility index (Phi) is 6.32. The van der Waals surface area contributed by atoms with Crippen molar-refractivity contribution < 1.29 is 19.1 Å². The number of esters is 2. The second-order valence-electron chi connectivity index (χ2n) is 5.19. The van der Waals surface area contributed by atoms with Crippen LogP contribution in [0.2, 0.25) is 0 Å². The van der Waals surface area contributed by atoms with Crippen LogP contribution in [0.15, 0.2) is 66.7 Å². The highest BCUT2D eigenvalue weighted by atomic mass is 16.5. The average molecular weight is 324 g/mol. The lowest BCUT2D eigenvalue weighted by Crippen LogP contribution is -2.28. The van der Waals surface area contributed by atoms with Crippen molar-refractivity contribution in [1.82, 2.24) is 0 Å². The van der Waals surface area contributed by atoms with Crippen molar-refractivity contribution in [2.24, 2.45) is 5.92 Å². The smallest absolute Gasteiger partial charge is 0.324 e. The van der Waals surface area contributed by atoms with E-state index in [0.717, 1.165) is 11.1 Å². The van der Waals surface area contributed by atoms with E-state index in [-0.39, 0.29) is 0 Å². The molecule has 4 heteroatoms. The first kappa shape index (κ1) is 17.5. The number of benzene rings is 2. The number of ether oxygens (including phenoxy) is 2. The van der Waals surface area contributed by atoms with Gasteiger partial charge in [0, 0.05) is 0 Å². The van der Waals surface area contributed by atoms with Crippen LogP contribution in [0.3, 0.4) is 0 Å². The number of carbonyl (C=O) groups excluding carboxylic acids is 2. The zero-order chi connectivity index (χ0) is 17.4. The van der Waals surface area contributed by atoms with Crippen molar-refractivity contribution in [3.05, 3.63) is 77.9 Å². The third-order valence-corrected chi connectivity index (χ3v) is 3.69. The Balaban J connectivity index is 2.45. The zero-order valence-corrected chi connectivity index (χ0v) is 13.8. The number of hydrogen-bond acceptors (Lipinski definition) is 4. The summed E-state index contributed by atoms with van der Waals surface area (Å²) in [5.74, 6) is -2.37. The van der Waals surface area contributed by atoms with E-state index in [2.05, 4.69) is 0 Å². The Morgan fingerprint density at radius 1 is 0.875 bits per heavy atom. The summed E-state index contributed by atoms with van der Waals surface area (Å²) in [6.07, 6.45) is 2.47. The summed E-state index contributed by atoms with van der Waals surface area (Å²) < 4.78 is 9.62. The van der Waals surface area contributed by atoms with Crippen molar-refractivity contribution in [1.29, 1.82) is 0 Å². The van der Waals surface area contributed by atoms with Crippen molar-refractivity contribution in [3.8, 4) is 0 Å². The van der Waals surface area contributed by atoms with Gasteiger partial charge in [0.15, 0.2) is 5.92 Å². The molecule has 0 saturated heterocycles. The maximum atomic E-state index is 12.2. The van der Waals surface area contributed by atoms with Gasteiger partial charge in [0.25, 0.3) is 0 Å². The van der Waals surface area contributed by atoms with E-state index in [1.54, 1.807) is 0 Å². The molecular weight excluding hydrogens is 304 g/mol. The van der Waals surface area contributed by atoms with E-state index in [1.807, 2.05) is 66.7 Å². The lowest BCUT2D eigenvalue weighted by atomic mass is 9.90. The molecule has 4 nitrogen and oxygen atoms in total. The number of carbonyl (C=O) groups is 2. The Labute approximate surface area is 141 Å². The van der Waals surface area contributed by atoms with Crippen LogP contribution >= 0.6 is 0 Å². The largest absolute Gasteiger partial charge is 0.468 e. The molecule has 0 unspecified atom stereocenters. The molecule has 0 spiro atoms. The van der Waals surface area contributed by atoms with Gasteiger partial charge >= 0.3 is 11.9 Å². The number of rotatable bonds is 6. The normalized spacial score (nSPS) is 11.2. The van der Waals surface area contributed by atoms with Gasteiger partial charge in [-0.3, -0.25) is 9.59 Å². The fraction of sp³-hybridized carbons (Fsp3) is 0.200. The number of hydrogen-bond donors (Lipinski definition) is 0. The summed E-state index contributed by atoms with van der Waals surface area (Å²) in [6.45, 7) is 0. The van der Waals surface area contributed by atoms with Gasteiger partial charge in [-0.2, -0.15) is 0 Å². The molecule has 0 aliphatic heterocycles. The predicted molar refractivity (Wildman–Crippen MR) is 92.1 cm³/mol. The standard InChI is InChI=1S/C20H20O4/c1-23-19(21)18(20(22)24-2)17(16-11-7-4-8-12-16)14-13-15-9-5-3-6-10-15/h3-12,14,18H,13H2,1-2H3/b17-14+. The highest BCUT2D eigenvalue weighted by molar-refractivity contribution is 6.06. The number of allylic oxidation sites excluding steroid dienone is 1. The summed E-state index contributed by atoms with van der Waals surface area (Å²) in [5, 5.41) is 0. The third kappa shape index (κ3) is 4.32. The summed E-state index contributed by atoms with van der Waals surface area (Å²) >= 11 is 0. The molecule has 0 aliphatic carbocycles. The van der Waals surface area contributed by atoms with E-state index in [0.29, 0.717) is 12.0 Å². The summed E-state index contributed by atoms with van der Waals surface area (Å²) in [6, 6.07) is 19.1. The highest BCUT2D eigenvalue weighted by Gasteiger charge is 2.33. The molecule has 2 aromatic rings. The molecule has 0 bridgehead atoms. The molecule has 2 rings (SSSR count). The van der Waals surface area contributed by atoms with Crippen molar-refractivity contribution in [2.45, 2.75) is 6.42 Å². The Morgan fingerprint density at radius 2 is 1.38 bits per heavy atom. The Morgan fingerprint density at radius 3 is 1.88 bits per heavy atom. The van der Waals surface area contributed by atoms with Crippen LogP contribution < -0.4 is 0 Å². The predicted octanol–water partition coefficient (Wildman–Crippen LogP) is 3.27. The van der Waals surface area contributed by atoms with Gasteiger partial charge in [0.1, 0.15) is 0 Å². The van der Waals surface area contributed by atoms with Crippen LogP contribution in [0.1, 0.15) is 11.1 Å². The second kappa shape index (κ2) is 8.67. The van der Waals surface area contributed by atoms with Gasteiger partial charge in [-0.1, -0.05) is 66.7 Å². The summed E-state index contributed by atoms with van der Waals surface area (Å²) in [7, 11) is 2.52. The van der Waals surface area contributed by atoms with E-state index in [4.69, 9.17) is 9.47 Å². The maximum Gasteiger partial charge on any atom is 0.324 e. The molecular formula is C20H20O4. The first-order valence-corrected chi connectivity index (χ1v) is 7.62. The summed E-state index contributed by atoms with van der Waals surface area (Å²) in [4.78, 5) is 24.3. The van der Waals surface area contributed by atoms with Crippen LogP contribution in [0.4, 0.5) is 0 Å². The molecule has 0 radical (unpaired) electrons. The van der Waals surface area contributed by atoms with E-state index < -0.39 is 17.9 Å². The quantitative estimate of drug-likeness (QED) is 0.604. The van der Waals surface area contributed by atoms with Gasteiger partial charge in [0.2, 0.25) is 0 Å². The van der Waals surface area contributed by atoms with Gasteiger partial charge in [-0.25, -0.2) is 0 Å². The molecule has 24 heavy (non-hydrogen) atoms. The maximum absolute atomic E-state index is 12.2. The minimum atomic E-state index is -1.11. The number of methoxy groups -OCH3 is 2. The fourth-order valence-corrected chi connectivity index (χ4v) is 2.46. The molecule has 2 aromatic carbocycles. The van der Waals surface area contributed by atoms with E-state index >= 15 is 0 Å². The lowest BCUT2D eigenvalue weighted by Gasteiger charge is -2.17. The lowest BCUT2D eigenvalue weighted by molar-refractivity contribution is -0.155. The molecule has 0 heterocycles. The third-order valence-electron chi connectivity index (χ3n) is 3.69. The van der Waals surface area contributed by atoms with Crippen LogP contribution in [0.5, 0.6) is 0 Å². The van der Waals surface area contributed by atoms with Gasteiger partial charge in [0.05, 0.1) is 14.2 Å². The Bertz CT molecular complexity index is 689. The first-order valence-electron chi connectivity index (χ1n) is 7.62. The molecule has 0 N–H and O–H groups in total. The SMILES string of the molecule is COC(=O)C(C(=O)OC)/C(=C/Cc1ccccc1)c1ccccc1. The molecule has 0 aliphatic rings. The first-order chi connectivity index (χ1) is 11.7. The van der Waals surface area contributed by atoms with Crippen molar-refractivity contribution in [3.63, 3.8) is 0 Å². The van der Waals surface area contributed by atoms with Gasteiger partial charge in [-0.15, -0.1) is 0 Å². The molecule has 0 fully saturated rings. The second-order valence-corrected chi connectivity index (χ2v) is 5.19. The summed E-state index contributed by atoms with van der Waals surface area (Å²) in [5.41, 5.74) is 2.45. The fourth-order valence-electron chi connectivity index (χ4n) is 2.46. The van der Waals surface area contributed by atoms with Gasteiger partial charge < -0.3 is 9.47 Å². The van der Waals surface area contributed by atoms with Crippen LogP contribution in [0.25, 0.3) is 5.57 Å². The minimum absolute atomic E-state index is 0.582. The van der Waals surface area contributed by atoms with Crippen LogP contribution in [0, 0.1) is 5.92 Å². The van der Waals surface area contributed by atoms with E-state index in [1.165, 1.54) is 14.2 Å². The molecule has 0 atom stereocenters. The average Bonchev–Trinajstić information content (AvgIpc) is 2.65. The van der Waals surface area contributed by atoms with Crippen molar-refractivity contribution in [2.75, 3.05) is 14.2 Å². The van der Waals surface area contributed by atoms with Crippen LogP contribution in [-0.4, -0.2) is 26.2 Å². The molecule has 0 saturated carbocycles. The monoisotopic (exact) mass is 324 g/mol. The van der Waals surface area contributed by atoms with Crippen LogP contribution in [-0.2, 0) is 25.5 Å². The molecule has 0 aromatic heterocycles. The van der Waals surface area contributed by atoms with Crippen molar-refractivity contribution >= 4 is 17.5 Å². The van der Waals surface area contributed by atoms with E-state index in [9.17, 15) is 9.59 Å². The molecule has 124 valence electrons. The zero-order valence-electron chi connectivity index (χ0n) is 13.8. The minimum Gasteiger partial charge on any atom is -0.468 e. The highest BCUT2D eigenvalue weighted by Crippen LogP contribution is 2.26.